The molecular formula is C12H17ClN2O2. The van der Waals surface area contributed by atoms with Crippen molar-refractivity contribution >= 4 is 17.5 Å². The maximum absolute atomic E-state index is 11.6. The maximum Gasteiger partial charge on any atom is 0.274 e. The molecule has 1 amide bonds. The summed E-state index contributed by atoms with van der Waals surface area (Å²) in [6.45, 7) is 5.53. The van der Waals surface area contributed by atoms with Crippen LogP contribution in [-0.2, 0) is 4.79 Å². The van der Waals surface area contributed by atoms with Crippen LogP contribution in [0.4, 0.5) is 0 Å². The molecule has 0 heterocycles. The van der Waals surface area contributed by atoms with Crippen molar-refractivity contribution in [3.8, 4) is 5.75 Å². The van der Waals surface area contributed by atoms with Gasteiger partial charge in [0.2, 0.25) is 0 Å². The third kappa shape index (κ3) is 4.63. The first kappa shape index (κ1) is 13.8. The van der Waals surface area contributed by atoms with Crippen molar-refractivity contribution in [1.29, 1.82) is 0 Å². The molecule has 1 aromatic carbocycles. The fraction of sp³-hybridized carbons (Fsp3) is 0.417. The molecule has 17 heavy (non-hydrogen) atoms. The van der Waals surface area contributed by atoms with E-state index in [9.17, 15) is 4.79 Å². The average Bonchev–Trinajstić information content (AvgIpc) is 2.28. The summed E-state index contributed by atoms with van der Waals surface area (Å²) in [5, 5.41) is 0.490. The summed E-state index contributed by atoms with van der Waals surface area (Å²) in [5.41, 5.74) is 5.38. The van der Waals surface area contributed by atoms with Gasteiger partial charge in [0.25, 0.3) is 5.91 Å². The Morgan fingerprint density at radius 3 is 2.53 bits per heavy atom. The molecule has 0 aromatic heterocycles. The lowest BCUT2D eigenvalue weighted by Crippen LogP contribution is -2.47. The van der Waals surface area contributed by atoms with Crippen molar-refractivity contribution in [3.05, 3.63) is 29.3 Å². The lowest BCUT2D eigenvalue weighted by molar-refractivity contribution is -0.128. The Bertz CT molecular complexity index is 383. The third-order valence-corrected chi connectivity index (χ3v) is 2.31. The second kappa shape index (κ2) is 6.47. The molecule has 5 heteroatoms. The molecule has 94 valence electrons. The van der Waals surface area contributed by atoms with E-state index in [0.29, 0.717) is 10.8 Å². The molecule has 0 aliphatic carbocycles. The van der Waals surface area contributed by atoms with Gasteiger partial charge < -0.3 is 4.74 Å². The highest BCUT2D eigenvalue weighted by Crippen LogP contribution is 2.24. The van der Waals surface area contributed by atoms with Crippen LogP contribution in [0.25, 0.3) is 0 Å². The molecule has 4 nitrogen and oxygen atoms in total. The lowest BCUT2D eigenvalue weighted by atomic mass is 10.3. The number of hydrazine groups is 1. The fourth-order valence-corrected chi connectivity index (χ4v) is 1.28. The van der Waals surface area contributed by atoms with E-state index >= 15 is 0 Å². The van der Waals surface area contributed by atoms with Crippen molar-refractivity contribution in [2.24, 2.45) is 0 Å². The summed E-state index contributed by atoms with van der Waals surface area (Å²) in [6.07, 6.45) is -0.610. The zero-order chi connectivity index (χ0) is 12.8. The Labute approximate surface area is 106 Å². The van der Waals surface area contributed by atoms with E-state index in [-0.39, 0.29) is 11.9 Å². The van der Waals surface area contributed by atoms with Gasteiger partial charge in [-0.1, -0.05) is 23.7 Å². The van der Waals surface area contributed by atoms with E-state index in [1.807, 2.05) is 13.8 Å². The van der Waals surface area contributed by atoms with Crippen LogP contribution in [0.5, 0.6) is 5.75 Å². The van der Waals surface area contributed by atoms with Gasteiger partial charge in [0.05, 0.1) is 5.02 Å². The van der Waals surface area contributed by atoms with E-state index in [4.69, 9.17) is 16.3 Å². The fourth-order valence-electron chi connectivity index (χ4n) is 1.10. The van der Waals surface area contributed by atoms with Crippen LogP contribution in [0.1, 0.15) is 20.8 Å². The summed E-state index contributed by atoms with van der Waals surface area (Å²) in [6, 6.07) is 7.22. The highest BCUT2D eigenvalue weighted by Gasteiger charge is 2.15. The number of para-hydroxylation sites is 1. The number of carbonyl (C=O) groups excluding carboxylic acids is 1. The van der Waals surface area contributed by atoms with Crippen molar-refractivity contribution in [3.63, 3.8) is 0 Å². The number of hydrogen-bond acceptors (Lipinski definition) is 3. The number of amides is 1. The first-order valence-electron chi connectivity index (χ1n) is 5.47. The molecule has 1 unspecified atom stereocenters. The van der Waals surface area contributed by atoms with Gasteiger partial charge in [-0.15, -0.1) is 0 Å². The van der Waals surface area contributed by atoms with Gasteiger partial charge in [0.1, 0.15) is 5.75 Å². The smallest absolute Gasteiger partial charge is 0.274 e. The number of rotatable bonds is 5. The lowest BCUT2D eigenvalue weighted by Gasteiger charge is -2.17. The van der Waals surface area contributed by atoms with Gasteiger partial charge in [-0.3, -0.25) is 10.2 Å². The second-order valence-corrected chi connectivity index (χ2v) is 4.39. The Kier molecular flexibility index (Phi) is 5.25. The number of halogens is 1. The van der Waals surface area contributed by atoms with Gasteiger partial charge in [-0.2, -0.15) is 0 Å². The molecule has 0 bridgehead atoms. The Morgan fingerprint density at radius 1 is 1.29 bits per heavy atom. The molecule has 0 spiro atoms. The van der Waals surface area contributed by atoms with E-state index in [1.54, 1.807) is 31.2 Å². The zero-order valence-corrected chi connectivity index (χ0v) is 10.9. The minimum Gasteiger partial charge on any atom is -0.479 e. The molecule has 0 saturated carbocycles. The first-order chi connectivity index (χ1) is 8.00. The third-order valence-electron chi connectivity index (χ3n) is 1.99. The maximum atomic E-state index is 11.6. The predicted octanol–water partition coefficient (Wildman–Crippen LogP) is 2.14. The van der Waals surface area contributed by atoms with Crippen LogP contribution in [-0.4, -0.2) is 18.1 Å². The van der Waals surface area contributed by atoms with Gasteiger partial charge in [-0.25, -0.2) is 5.43 Å². The summed E-state index contributed by atoms with van der Waals surface area (Å²) in [7, 11) is 0. The summed E-state index contributed by atoms with van der Waals surface area (Å²) < 4.78 is 5.46. The van der Waals surface area contributed by atoms with Crippen molar-refractivity contribution in [2.45, 2.75) is 32.9 Å². The Hall–Kier alpha value is -1.26. The average molecular weight is 257 g/mol. The summed E-state index contributed by atoms with van der Waals surface area (Å²) in [4.78, 5) is 11.6. The van der Waals surface area contributed by atoms with Crippen LogP contribution in [0.3, 0.4) is 0 Å². The molecule has 0 aliphatic heterocycles. The second-order valence-electron chi connectivity index (χ2n) is 3.98. The molecule has 1 rings (SSSR count). The minimum atomic E-state index is -0.610. The largest absolute Gasteiger partial charge is 0.479 e. The van der Waals surface area contributed by atoms with Crippen LogP contribution in [0, 0.1) is 0 Å². The Morgan fingerprint density at radius 2 is 1.94 bits per heavy atom. The number of ether oxygens (including phenoxy) is 1. The molecule has 0 aliphatic rings. The van der Waals surface area contributed by atoms with Crippen molar-refractivity contribution in [1.82, 2.24) is 10.9 Å². The molecule has 0 radical (unpaired) electrons. The topological polar surface area (TPSA) is 50.4 Å². The van der Waals surface area contributed by atoms with Gasteiger partial charge in [0.15, 0.2) is 6.10 Å². The molecule has 0 fully saturated rings. The van der Waals surface area contributed by atoms with E-state index in [2.05, 4.69) is 10.9 Å². The quantitative estimate of drug-likeness (QED) is 0.794. The normalized spacial score (nSPS) is 12.3. The van der Waals surface area contributed by atoms with E-state index in [0.717, 1.165) is 0 Å². The number of carbonyl (C=O) groups is 1. The highest BCUT2D eigenvalue weighted by atomic mass is 35.5. The van der Waals surface area contributed by atoms with Crippen LogP contribution in [0.2, 0.25) is 5.02 Å². The van der Waals surface area contributed by atoms with Gasteiger partial charge >= 0.3 is 0 Å². The van der Waals surface area contributed by atoms with Gasteiger partial charge in [-0.05, 0) is 32.9 Å². The first-order valence-corrected chi connectivity index (χ1v) is 5.85. The van der Waals surface area contributed by atoms with E-state index < -0.39 is 6.10 Å². The summed E-state index contributed by atoms with van der Waals surface area (Å²) in [5.74, 6) is 0.264. The highest BCUT2D eigenvalue weighted by molar-refractivity contribution is 6.32. The Balaban J connectivity index is 2.51. The zero-order valence-electron chi connectivity index (χ0n) is 10.2. The number of hydrogen-bond donors (Lipinski definition) is 2. The van der Waals surface area contributed by atoms with Crippen LogP contribution >= 0.6 is 11.6 Å². The van der Waals surface area contributed by atoms with Crippen molar-refractivity contribution < 1.29 is 9.53 Å². The summed E-state index contributed by atoms with van der Waals surface area (Å²) >= 11 is 5.93. The standard InChI is InChI=1S/C12H17ClN2O2/c1-8(2)14-15-12(16)9(3)17-11-7-5-4-6-10(11)13/h4-9,14H,1-3H3,(H,15,16). The molecule has 2 N–H and O–H groups in total. The van der Waals surface area contributed by atoms with E-state index in [1.165, 1.54) is 0 Å². The van der Waals surface area contributed by atoms with Gasteiger partial charge in [0, 0.05) is 6.04 Å². The van der Waals surface area contributed by atoms with Crippen molar-refractivity contribution in [2.75, 3.05) is 0 Å². The monoisotopic (exact) mass is 256 g/mol. The SMILES string of the molecule is CC(C)NNC(=O)C(C)Oc1ccccc1Cl. The number of benzene rings is 1. The van der Waals surface area contributed by atoms with Crippen LogP contribution in [0.15, 0.2) is 24.3 Å². The molecule has 1 atom stereocenters. The predicted molar refractivity (Wildman–Crippen MR) is 68.0 cm³/mol. The molecular weight excluding hydrogens is 240 g/mol. The minimum absolute atomic E-state index is 0.173. The number of nitrogens with one attached hydrogen (secondary N) is 2. The molecule has 1 aromatic rings. The molecule has 0 saturated heterocycles. The van der Waals surface area contributed by atoms with Crippen LogP contribution < -0.4 is 15.6 Å².